The summed E-state index contributed by atoms with van der Waals surface area (Å²) in [5, 5.41) is 3.37. The van der Waals surface area contributed by atoms with E-state index in [4.69, 9.17) is 23.2 Å². The predicted molar refractivity (Wildman–Crippen MR) is 94.1 cm³/mol. The summed E-state index contributed by atoms with van der Waals surface area (Å²) in [7, 11) is -2.03. The average Bonchev–Trinajstić information content (AvgIpc) is 2.46. The largest absolute Gasteiger partial charge is 0.322 e. The summed E-state index contributed by atoms with van der Waals surface area (Å²) < 4.78 is 24.3. The van der Waals surface area contributed by atoms with Gasteiger partial charge >= 0.3 is 0 Å². The summed E-state index contributed by atoms with van der Waals surface area (Å²) >= 11 is 11.9. The molecule has 0 saturated carbocycles. The fourth-order valence-electron chi connectivity index (χ4n) is 1.84. The fourth-order valence-corrected chi connectivity index (χ4v) is 2.73. The predicted octanol–water partition coefficient (Wildman–Crippen LogP) is 3.64. The number of carbonyl (C=O) groups excluding carboxylic acids is 1. The fraction of sp³-hybridized carbons (Fsp3) is 0.133. The molecule has 0 atom stereocenters. The highest BCUT2D eigenvalue weighted by Gasteiger charge is 2.17. The summed E-state index contributed by atoms with van der Waals surface area (Å²) in [5.74, 6) is -0.457. The van der Waals surface area contributed by atoms with Crippen molar-refractivity contribution in [1.82, 2.24) is 0 Å². The molecule has 0 aliphatic rings. The maximum atomic E-state index is 12.4. The van der Waals surface area contributed by atoms with E-state index in [-0.39, 0.29) is 10.6 Å². The smallest absolute Gasteiger partial charge is 0.257 e. The van der Waals surface area contributed by atoms with E-state index in [1.807, 2.05) is 0 Å². The van der Waals surface area contributed by atoms with E-state index in [2.05, 4.69) is 5.32 Å². The number of halogens is 2. The molecule has 0 radical (unpaired) electrons. The van der Waals surface area contributed by atoms with Crippen LogP contribution < -0.4 is 9.62 Å². The lowest BCUT2D eigenvalue weighted by Crippen LogP contribution is -2.25. The van der Waals surface area contributed by atoms with Crippen molar-refractivity contribution in [1.29, 1.82) is 0 Å². The summed E-state index contributed by atoms with van der Waals surface area (Å²) in [6.45, 7) is 0. The van der Waals surface area contributed by atoms with Crippen molar-refractivity contribution in [2.75, 3.05) is 22.9 Å². The van der Waals surface area contributed by atoms with Crippen LogP contribution in [0.3, 0.4) is 0 Å². The number of amides is 1. The minimum atomic E-state index is -3.43. The quantitative estimate of drug-likeness (QED) is 0.890. The molecule has 1 amide bonds. The monoisotopic (exact) mass is 372 g/mol. The van der Waals surface area contributed by atoms with Crippen LogP contribution in [0.5, 0.6) is 0 Å². The molecule has 2 aromatic carbocycles. The third kappa shape index (κ3) is 4.37. The first-order valence-corrected chi connectivity index (χ1v) is 9.09. The van der Waals surface area contributed by atoms with Crippen molar-refractivity contribution >= 4 is 50.5 Å². The highest BCUT2D eigenvalue weighted by atomic mass is 35.5. The Balaban J connectivity index is 2.33. The van der Waals surface area contributed by atoms with Crippen LogP contribution in [-0.4, -0.2) is 27.6 Å². The summed E-state index contributed by atoms with van der Waals surface area (Å²) in [5.41, 5.74) is 1.02. The number of sulfonamides is 1. The van der Waals surface area contributed by atoms with Crippen LogP contribution in [0.2, 0.25) is 10.0 Å². The number of rotatable bonds is 4. The first-order chi connectivity index (χ1) is 10.7. The van der Waals surface area contributed by atoms with Crippen molar-refractivity contribution in [3.05, 3.63) is 58.1 Å². The molecule has 0 bridgehead atoms. The third-order valence-corrected chi connectivity index (χ3v) is 4.91. The molecule has 5 nitrogen and oxygen atoms in total. The second-order valence-corrected chi connectivity index (χ2v) is 7.72. The minimum absolute atomic E-state index is 0.166. The second-order valence-electron chi connectivity index (χ2n) is 4.86. The first-order valence-electron chi connectivity index (χ1n) is 6.49. The number of hydrogen-bond donors (Lipinski definition) is 1. The number of anilines is 2. The van der Waals surface area contributed by atoms with Crippen LogP contribution in [0.4, 0.5) is 11.4 Å². The molecule has 2 aromatic rings. The molecule has 23 heavy (non-hydrogen) atoms. The molecular weight excluding hydrogens is 359 g/mol. The Bertz CT molecular complexity index is 854. The van der Waals surface area contributed by atoms with E-state index in [0.717, 1.165) is 10.6 Å². The van der Waals surface area contributed by atoms with Crippen LogP contribution in [0.15, 0.2) is 42.5 Å². The van der Waals surface area contributed by atoms with Gasteiger partial charge in [0.1, 0.15) is 0 Å². The first kappa shape index (κ1) is 17.6. The Morgan fingerprint density at radius 1 is 1.13 bits per heavy atom. The molecule has 0 spiro atoms. The summed E-state index contributed by atoms with van der Waals surface area (Å²) in [6.07, 6.45) is 1.08. The Hall–Kier alpha value is -1.76. The summed E-state index contributed by atoms with van der Waals surface area (Å²) in [6, 6.07) is 11.1. The zero-order chi connectivity index (χ0) is 17.2. The van der Waals surface area contributed by atoms with Gasteiger partial charge < -0.3 is 5.32 Å². The maximum Gasteiger partial charge on any atom is 0.257 e. The van der Waals surface area contributed by atoms with Crippen molar-refractivity contribution in [2.24, 2.45) is 0 Å². The normalized spacial score (nSPS) is 11.1. The van der Waals surface area contributed by atoms with E-state index in [0.29, 0.717) is 16.4 Å². The lowest BCUT2D eigenvalue weighted by atomic mass is 10.1. The molecule has 0 heterocycles. The lowest BCUT2D eigenvalue weighted by molar-refractivity contribution is 0.102. The Morgan fingerprint density at radius 2 is 1.83 bits per heavy atom. The molecule has 2 rings (SSSR count). The highest BCUT2D eigenvalue weighted by Crippen LogP contribution is 2.25. The molecule has 0 unspecified atom stereocenters. The zero-order valence-electron chi connectivity index (χ0n) is 12.4. The number of carbonyl (C=O) groups is 1. The van der Waals surface area contributed by atoms with Gasteiger partial charge in [0.2, 0.25) is 10.0 Å². The van der Waals surface area contributed by atoms with Crippen LogP contribution in [0, 0.1) is 0 Å². The van der Waals surface area contributed by atoms with Gasteiger partial charge in [-0.25, -0.2) is 8.42 Å². The van der Waals surface area contributed by atoms with E-state index < -0.39 is 15.9 Å². The number of benzene rings is 2. The average molecular weight is 373 g/mol. The van der Waals surface area contributed by atoms with Crippen molar-refractivity contribution < 1.29 is 13.2 Å². The SMILES string of the molecule is CN(c1ccc(Cl)c(C(=O)Nc2cccc(Cl)c2)c1)S(C)(=O)=O. The molecule has 1 N–H and O–H groups in total. The molecule has 8 heteroatoms. The van der Waals surface area contributed by atoms with Gasteiger partial charge in [-0.15, -0.1) is 0 Å². The van der Waals surface area contributed by atoms with Gasteiger partial charge in [-0.2, -0.15) is 0 Å². The van der Waals surface area contributed by atoms with Crippen LogP contribution >= 0.6 is 23.2 Å². The van der Waals surface area contributed by atoms with Gasteiger partial charge in [0.05, 0.1) is 22.5 Å². The van der Waals surface area contributed by atoms with Gasteiger partial charge in [0.25, 0.3) is 5.91 Å². The van der Waals surface area contributed by atoms with Gasteiger partial charge in [-0.3, -0.25) is 9.10 Å². The van der Waals surface area contributed by atoms with E-state index in [1.54, 1.807) is 24.3 Å². The van der Waals surface area contributed by atoms with Crippen molar-refractivity contribution in [3.8, 4) is 0 Å². The van der Waals surface area contributed by atoms with Gasteiger partial charge in [-0.1, -0.05) is 29.3 Å². The van der Waals surface area contributed by atoms with Crippen molar-refractivity contribution in [2.45, 2.75) is 0 Å². The molecule has 0 saturated heterocycles. The third-order valence-electron chi connectivity index (χ3n) is 3.14. The number of nitrogens with zero attached hydrogens (tertiary/aromatic N) is 1. The number of hydrogen-bond acceptors (Lipinski definition) is 3. The molecule has 0 aliphatic carbocycles. The van der Waals surface area contributed by atoms with Crippen molar-refractivity contribution in [3.63, 3.8) is 0 Å². The number of nitrogens with one attached hydrogen (secondary N) is 1. The molecule has 0 aliphatic heterocycles. The van der Waals surface area contributed by atoms with Crippen LogP contribution in [-0.2, 0) is 10.0 Å². The maximum absolute atomic E-state index is 12.4. The van der Waals surface area contributed by atoms with E-state index in [9.17, 15) is 13.2 Å². The Morgan fingerprint density at radius 3 is 2.43 bits per heavy atom. The standard InChI is InChI=1S/C15H14Cl2N2O3S/c1-19(23(2,21)22)12-6-7-14(17)13(9-12)15(20)18-11-5-3-4-10(16)8-11/h3-9H,1-2H3,(H,18,20). The van der Waals surface area contributed by atoms with Crippen LogP contribution in [0.25, 0.3) is 0 Å². The summed E-state index contributed by atoms with van der Waals surface area (Å²) in [4.78, 5) is 12.4. The zero-order valence-corrected chi connectivity index (χ0v) is 14.7. The highest BCUT2D eigenvalue weighted by molar-refractivity contribution is 7.92. The minimum Gasteiger partial charge on any atom is -0.322 e. The van der Waals surface area contributed by atoms with E-state index in [1.165, 1.54) is 25.2 Å². The molecule has 0 aromatic heterocycles. The second kappa shape index (κ2) is 6.78. The van der Waals surface area contributed by atoms with Gasteiger partial charge in [0, 0.05) is 17.8 Å². The van der Waals surface area contributed by atoms with Crippen LogP contribution in [0.1, 0.15) is 10.4 Å². The van der Waals surface area contributed by atoms with E-state index >= 15 is 0 Å². The Kier molecular flexibility index (Phi) is 5.19. The lowest BCUT2D eigenvalue weighted by Gasteiger charge is -2.18. The molecule has 122 valence electrons. The molecule has 0 fully saturated rings. The topological polar surface area (TPSA) is 66.5 Å². The van der Waals surface area contributed by atoms with Gasteiger partial charge in [0.15, 0.2) is 0 Å². The Labute approximate surface area is 144 Å². The molecular formula is C15H14Cl2N2O3S. The van der Waals surface area contributed by atoms with Gasteiger partial charge in [-0.05, 0) is 36.4 Å².